The number of hydrogen-bond donors (Lipinski definition) is 1. The van der Waals surface area contributed by atoms with E-state index in [0.717, 1.165) is 6.07 Å². The van der Waals surface area contributed by atoms with Crippen molar-refractivity contribution in [1.82, 2.24) is 4.98 Å². The monoisotopic (exact) mass is 391 g/mol. The lowest BCUT2D eigenvalue weighted by Crippen LogP contribution is -2.37. The molecule has 1 amide bonds. The zero-order chi connectivity index (χ0) is 19.7. The molecule has 1 aromatic heterocycles. The van der Waals surface area contributed by atoms with Crippen LogP contribution in [0.5, 0.6) is 0 Å². The molecule has 4 rings (SSSR count). The number of carbonyl (C=O) groups is 1. The molecule has 8 heteroatoms. The molecule has 1 saturated carbocycles. The highest BCUT2D eigenvalue weighted by Gasteiger charge is 2.48. The summed E-state index contributed by atoms with van der Waals surface area (Å²) < 4.78 is 45.1. The fourth-order valence-corrected chi connectivity index (χ4v) is 3.65. The molecule has 2 unspecified atom stereocenters. The number of anilines is 2. The van der Waals surface area contributed by atoms with Crippen LogP contribution in [0.4, 0.5) is 24.7 Å². The van der Waals surface area contributed by atoms with Crippen molar-refractivity contribution in [2.45, 2.75) is 18.5 Å². The lowest BCUT2D eigenvalue weighted by molar-refractivity contribution is -0.138. The Morgan fingerprint density at radius 1 is 1.14 bits per heavy atom. The van der Waals surface area contributed by atoms with Crippen molar-refractivity contribution >= 4 is 17.4 Å². The predicted molar refractivity (Wildman–Crippen MR) is 98.2 cm³/mol. The molecule has 1 aliphatic heterocycles. The van der Waals surface area contributed by atoms with E-state index in [1.54, 1.807) is 24.4 Å². The van der Waals surface area contributed by atoms with Gasteiger partial charge in [-0.05, 0) is 36.1 Å². The largest absolute Gasteiger partial charge is 0.416 e. The van der Waals surface area contributed by atoms with E-state index in [4.69, 9.17) is 4.74 Å². The fourth-order valence-electron chi connectivity index (χ4n) is 3.65. The summed E-state index contributed by atoms with van der Waals surface area (Å²) in [6, 6.07) is 8.97. The van der Waals surface area contributed by atoms with Crippen LogP contribution in [0.3, 0.4) is 0 Å². The van der Waals surface area contributed by atoms with Crippen LogP contribution in [0.25, 0.3) is 0 Å². The van der Waals surface area contributed by atoms with Crippen LogP contribution in [-0.2, 0) is 15.7 Å². The van der Waals surface area contributed by atoms with Gasteiger partial charge in [0.25, 0.3) is 0 Å². The molecule has 2 aromatic rings. The van der Waals surface area contributed by atoms with Crippen LogP contribution >= 0.6 is 0 Å². The van der Waals surface area contributed by atoms with Gasteiger partial charge in [0.15, 0.2) is 5.82 Å². The Kier molecular flexibility index (Phi) is 4.97. The summed E-state index contributed by atoms with van der Waals surface area (Å²) in [4.78, 5) is 19.1. The Labute approximate surface area is 160 Å². The summed E-state index contributed by atoms with van der Waals surface area (Å²) in [7, 11) is 0. The molecule has 148 valence electrons. The minimum atomic E-state index is -4.42. The van der Waals surface area contributed by atoms with E-state index >= 15 is 0 Å². The Morgan fingerprint density at radius 2 is 1.89 bits per heavy atom. The van der Waals surface area contributed by atoms with Crippen LogP contribution in [0.1, 0.15) is 23.5 Å². The van der Waals surface area contributed by atoms with Crippen molar-refractivity contribution in [3.63, 3.8) is 0 Å². The third-order valence-electron chi connectivity index (χ3n) is 5.15. The topological polar surface area (TPSA) is 54.5 Å². The average molecular weight is 391 g/mol. The van der Waals surface area contributed by atoms with Crippen molar-refractivity contribution in [2.24, 2.45) is 5.92 Å². The number of hydrogen-bond acceptors (Lipinski definition) is 4. The van der Waals surface area contributed by atoms with Crippen LogP contribution in [0, 0.1) is 5.92 Å². The van der Waals surface area contributed by atoms with Gasteiger partial charge in [0.2, 0.25) is 5.91 Å². The predicted octanol–water partition coefficient (Wildman–Crippen LogP) is 3.68. The molecule has 1 aliphatic carbocycles. The molecule has 2 atom stereocenters. The SMILES string of the molecule is O=C(Nc1cccnc1N1CCOCC1)C1CC1c1ccccc1C(F)(F)F. The first-order valence-corrected chi connectivity index (χ1v) is 9.20. The number of halogens is 3. The second-order valence-corrected chi connectivity index (χ2v) is 7.00. The number of nitrogens with zero attached hydrogens (tertiary/aromatic N) is 2. The summed E-state index contributed by atoms with van der Waals surface area (Å²) in [5.74, 6) is -0.501. The van der Waals surface area contributed by atoms with E-state index in [1.807, 2.05) is 4.90 Å². The Bertz CT molecular complexity index is 866. The number of carbonyl (C=O) groups excluding carboxylic acids is 1. The van der Waals surface area contributed by atoms with E-state index in [1.165, 1.54) is 12.1 Å². The van der Waals surface area contributed by atoms with Gasteiger partial charge in [-0.1, -0.05) is 18.2 Å². The Morgan fingerprint density at radius 3 is 2.64 bits per heavy atom. The van der Waals surface area contributed by atoms with Crippen molar-refractivity contribution < 1.29 is 22.7 Å². The maximum atomic E-state index is 13.2. The number of morpholine rings is 1. The van der Waals surface area contributed by atoms with Crippen molar-refractivity contribution in [3.8, 4) is 0 Å². The summed E-state index contributed by atoms with van der Waals surface area (Å²) in [5.41, 5.74) is 0.101. The normalized spacial score (nSPS) is 22.0. The zero-order valence-electron chi connectivity index (χ0n) is 15.1. The number of amides is 1. The summed E-state index contributed by atoms with van der Waals surface area (Å²) in [6.07, 6.45) is -2.36. The van der Waals surface area contributed by atoms with Gasteiger partial charge in [-0.25, -0.2) is 4.98 Å². The third kappa shape index (κ3) is 3.82. The van der Waals surface area contributed by atoms with Crippen LogP contribution in [0.15, 0.2) is 42.6 Å². The van der Waals surface area contributed by atoms with Gasteiger partial charge in [0.05, 0.1) is 24.5 Å². The molecule has 0 spiro atoms. The second-order valence-electron chi connectivity index (χ2n) is 7.00. The minimum absolute atomic E-state index is 0.190. The maximum absolute atomic E-state index is 13.2. The number of rotatable bonds is 4. The highest BCUT2D eigenvalue weighted by atomic mass is 19.4. The van der Waals surface area contributed by atoms with Gasteiger partial charge in [-0.15, -0.1) is 0 Å². The molecule has 1 N–H and O–H groups in total. The zero-order valence-corrected chi connectivity index (χ0v) is 15.1. The second kappa shape index (κ2) is 7.43. The van der Waals surface area contributed by atoms with Crippen LogP contribution in [-0.4, -0.2) is 37.2 Å². The number of nitrogens with one attached hydrogen (secondary N) is 1. The van der Waals surface area contributed by atoms with Crippen LogP contribution in [0.2, 0.25) is 0 Å². The molecule has 1 saturated heterocycles. The lowest BCUT2D eigenvalue weighted by atomic mass is 10.0. The molecule has 2 aliphatic rings. The van der Waals surface area contributed by atoms with Gasteiger partial charge in [-0.2, -0.15) is 13.2 Å². The molecule has 2 fully saturated rings. The molecule has 2 heterocycles. The summed E-state index contributed by atoms with van der Waals surface area (Å²) in [5, 5.41) is 2.86. The molecule has 5 nitrogen and oxygen atoms in total. The molecule has 0 bridgehead atoms. The van der Waals surface area contributed by atoms with Crippen LogP contribution < -0.4 is 10.2 Å². The molecule has 1 aromatic carbocycles. The molecular weight excluding hydrogens is 371 g/mol. The first-order chi connectivity index (χ1) is 13.4. The fraction of sp³-hybridized carbons (Fsp3) is 0.400. The van der Waals surface area contributed by atoms with E-state index < -0.39 is 23.6 Å². The lowest BCUT2D eigenvalue weighted by Gasteiger charge is -2.29. The maximum Gasteiger partial charge on any atom is 0.416 e. The van der Waals surface area contributed by atoms with E-state index in [-0.39, 0.29) is 11.5 Å². The molecule has 28 heavy (non-hydrogen) atoms. The number of pyridine rings is 1. The highest BCUT2D eigenvalue weighted by molar-refractivity contribution is 5.97. The van der Waals surface area contributed by atoms with Gasteiger partial charge in [0.1, 0.15) is 0 Å². The van der Waals surface area contributed by atoms with Gasteiger partial charge >= 0.3 is 6.18 Å². The van der Waals surface area contributed by atoms with E-state index in [9.17, 15) is 18.0 Å². The Hall–Kier alpha value is -2.61. The minimum Gasteiger partial charge on any atom is -0.378 e. The molecule has 0 radical (unpaired) electrons. The van der Waals surface area contributed by atoms with Crippen molar-refractivity contribution in [2.75, 3.05) is 36.5 Å². The molecular formula is C20H20F3N3O2. The summed E-state index contributed by atoms with van der Waals surface area (Å²) >= 11 is 0. The van der Waals surface area contributed by atoms with Crippen molar-refractivity contribution in [1.29, 1.82) is 0 Å². The van der Waals surface area contributed by atoms with Gasteiger partial charge < -0.3 is 15.0 Å². The highest BCUT2D eigenvalue weighted by Crippen LogP contribution is 2.51. The number of aromatic nitrogens is 1. The number of alkyl halides is 3. The number of benzene rings is 1. The van der Waals surface area contributed by atoms with E-state index in [2.05, 4.69) is 10.3 Å². The third-order valence-corrected chi connectivity index (χ3v) is 5.15. The first kappa shape index (κ1) is 18.7. The summed E-state index contributed by atoms with van der Waals surface area (Å²) in [6.45, 7) is 2.52. The van der Waals surface area contributed by atoms with Gasteiger partial charge in [0, 0.05) is 25.2 Å². The quantitative estimate of drug-likeness (QED) is 0.864. The smallest absolute Gasteiger partial charge is 0.378 e. The standard InChI is InChI=1S/C20H20F3N3O2/c21-20(22,23)16-5-2-1-4-13(16)14-12-15(14)19(27)25-17-6-3-7-24-18(17)26-8-10-28-11-9-26/h1-7,14-15H,8-12H2,(H,25,27). The van der Waals surface area contributed by atoms with Crippen molar-refractivity contribution in [3.05, 3.63) is 53.7 Å². The van der Waals surface area contributed by atoms with Gasteiger partial charge in [-0.3, -0.25) is 4.79 Å². The van der Waals surface area contributed by atoms with E-state index in [0.29, 0.717) is 44.2 Å². The Balaban J connectivity index is 1.49. The average Bonchev–Trinajstić information content (AvgIpc) is 3.49. The first-order valence-electron chi connectivity index (χ1n) is 9.20. The number of ether oxygens (including phenoxy) is 1.